The molecule has 0 spiro atoms. The first-order valence-electron chi connectivity index (χ1n) is 8.60. The van der Waals surface area contributed by atoms with Crippen molar-refractivity contribution in [2.24, 2.45) is 0 Å². The molecule has 1 amide bonds. The van der Waals surface area contributed by atoms with Gasteiger partial charge in [0, 0.05) is 23.9 Å². The molecule has 136 valence electrons. The van der Waals surface area contributed by atoms with E-state index < -0.39 is 0 Å². The third kappa shape index (κ3) is 4.80. The number of hydrogen-bond acceptors (Lipinski definition) is 5. The van der Waals surface area contributed by atoms with Gasteiger partial charge in [-0.25, -0.2) is 4.98 Å². The second-order valence-electron chi connectivity index (χ2n) is 6.31. The Morgan fingerprint density at radius 1 is 1.23 bits per heavy atom. The van der Waals surface area contributed by atoms with E-state index in [4.69, 9.17) is 4.42 Å². The lowest BCUT2D eigenvalue weighted by Gasteiger charge is -2.22. The van der Waals surface area contributed by atoms with Crippen LogP contribution in [0.15, 0.2) is 58.5 Å². The van der Waals surface area contributed by atoms with Gasteiger partial charge in [0.05, 0.1) is 18.0 Å². The minimum Gasteiger partial charge on any atom is -0.468 e. The second kappa shape index (κ2) is 8.78. The number of furan rings is 1. The summed E-state index contributed by atoms with van der Waals surface area (Å²) in [5.41, 5.74) is 2.07. The van der Waals surface area contributed by atoms with Crippen LogP contribution in [-0.4, -0.2) is 36.4 Å². The van der Waals surface area contributed by atoms with Gasteiger partial charge in [-0.1, -0.05) is 30.3 Å². The molecular weight excluding hydrogens is 346 g/mol. The molecule has 1 N–H and O–H groups in total. The molecule has 5 nitrogen and oxygen atoms in total. The molecule has 2 heterocycles. The summed E-state index contributed by atoms with van der Waals surface area (Å²) < 4.78 is 5.46. The van der Waals surface area contributed by atoms with Crippen molar-refractivity contribution >= 4 is 17.2 Å². The number of rotatable bonds is 8. The summed E-state index contributed by atoms with van der Waals surface area (Å²) in [6.07, 6.45) is 2.72. The van der Waals surface area contributed by atoms with E-state index in [0.717, 1.165) is 22.0 Å². The minimum atomic E-state index is 0.0256. The number of nitrogens with one attached hydrogen (secondary N) is 1. The van der Waals surface area contributed by atoms with Gasteiger partial charge in [-0.2, -0.15) is 0 Å². The van der Waals surface area contributed by atoms with E-state index in [1.807, 2.05) is 66.8 Å². The Bertz CT molecular complexity index is 813. The number of nitrogens with zero attached hydrogens (tertiary/aromatic N) is 2. The molecular formula is C20H23N3O2S. The Morgan fingerprint density at radius 2 is 2.04 bits per heavy atom. The summed E-state index contributed by atoms with van der Waals surface area (Å²) in [4.78, 5) is 18.9. The van der Waals surface area contributed by atoms with Crippen LogP contribution in [0.5, 0.6) is 0 Å². The molecule has 1 unspecified atom stereocenters. The summed E-state index contributed by atoms with van der Waals surface area (Å²) in [6, 6.07) is 13.9. The molecule has 0 aliphatic rings. The lowest BCUT2D eigenvalue weighted by Crippen LogP contribution is -2.34. The third-order valence-corrected chi connectivity index (χ3v) is 5.11. The predicted molar refractivity (Wildman–Crippen MR) is 104 cm³/mol. The topological polar surface area (TPSA) is 58.4 Å². The van der Waals surface area contributed by atoms with Crippen LogP contribution in [0, 0.1) is 0 Å². The molecule has 3 rings (SSSR count). The van der Waals surface area contributed by atoms with Crippen LogP contribution in [0.4, 0.5) is 0 Å². The predicted octanol–water partition coefficient (Wildman–Crippen LogP) is 3.75. The van der Waals surface area contributed by atoms with E-state index in [9.17, 15) is 4.79 Å². The fourth-order valence-electron chi connectivity index (χ4n) is 2.69. The number of thiazole rings is 1. The van der Waals surface area contributed by atoms with Crippen molar-refractivity contribution in [2.75, 3.05) is 20.6 Å². The largest absolute Gasteiger partial charge is 0.468 e. The zero-order valence-corrected chi connectivity index (χ0v) is 15.8. The molecule has 1 aromatic carbocycles. The second-order valence-corrected chi connectivity index (χ2v) is 7.17. The monoisotopic (exact) mass is 369 g/mol. The molecule has 0 aliphatic heterocycles. The van der Waals surface area contributed by atoms with E-state index in [-0.39, 0.29) is 11.9 Å². The van der Waals surface area contributed by atoms with Crippen LogP contribution in [-0.2, 0) is 11.2 Å². The lowest BCUT2D eigenvalue weighted by atomic mass is 10.2. The highest BCUT2D eigenvalue weighted by atomic mass is 32.1. The van der Waals surface area contributed by atoms with Crippen molar-refractivity contribution in [3.8, 4) is 10.6 Å². The van der Waals surface area contributed by atoms with Gasteiger partial charge in [-0.3, -0.25) is 9.69 Å². The maximum atomic E-state index is 12.2. The maximum Gasteiger partial charge on any atom is 0.220 e. The molecule has 3 aromatic rings. The zero-order valence-electron chi connectivity index (χ0n) is 15.0. The van der Waals surface area contributed by atoms with Gasteiger partial charge in [-0.05, 0) is 32.6 Å². The number of hydrogen-bond donors (Lipinski definition) is 1. The molecule has 0 fully saturated rings. The van der Waals surface area contributed by atoms with E-state index >= 15 is 0 Å². The molecule has 26 heavy (non-hydrogen) atoms. The van der Waals surface area contributed by atoms with E-state index in [1.54, 1.807) is 17.6 Å². The van der Waals surface area contributed by atoms with Gasteiger partial charge in [0.2, 0.25) is 5.91 Å². The third-order valence-electron chi connectivity index (χ3n) is 4.17. The van der Waals surface area contributed by atoms with Crippen LogP contribution in [0.25, 0.3) is 10.6 Å². The molecule has 2 aromatic heterocycles. The van der Waals surface area contributed by atoms with Crippen molar-refractivity contribution in [1.29, 1.82) is 0 Å². The summed E-state index contributed by atoms with van der Waals surface area (Å²) in [5.74, 6) is 0.875. The van der Waals surface area contributed by atoms with Crippen LogP contribution in [0.3, 0.4) is 0 Å². The van der Waals surface area contributed by atoms with Crippen molar-refractivity contribution in [3.63, 3.8) is 0 Å². The lowest BCUT2D eigenvalue weighted by molar-refractivity contribution is -0.121. The summed E-state index contributed by atoms with van der Waals surface area (Å²) in [6.45, 7) is 0.520. The van der Waals surface area contributed by atoms with E-state index in [0.29, 0.717) is 19.4 Å². The number of amides is 1. The van der Waals surface area contributed by atoms with Crippen LogP contribution in [0.1, 0.15) is 23.9 Å². The number of carbonyl (C=O) groups excluding carboxylic acids is 1. The van der Waals surface area contributed by atoms with Crippen LogP contribution in [0.2, 0.25) is 0 Å². The van der Waals surface area contributed by atoms with Crippen molar-refractivity contribution in [2.45, 2.75) is 18.9 Å². The highest BCUT2D eigenvalue weighted by molar-refractivity contribution is 7.13. The average Bonchev–Trinajstić information content (AvgIpc) is 3.33. The highest BCUT2D eigenvalue weighted by Crippen LogP contribution is 2.23. The maximum absolute atomic E-state index is 12.2. The molecule has 0 radical (unpaired) electrons. The Kier molecular flexibility index (Phi) is 6.20. The van der Waals surface area contributed by atoms with Crippen LogP contribution >= 0.6 is 11.3 Å². The molecule has 0 aliphatic carbocycles. The fraction of sp³-hybridized carbons (Fsp3) is 0.300. The van der Waals surface area contributed by atoms with Crippen molar-refractivity contribution in [1.82, 2.24) is 15.2 Å². The van der Waals surface area contributed by atoms with Gasteiger partial charge in [0.15, 0.2) is 0 Å². The summed E-state index contributed by atoms with van der Waals surface area (Å²) >= 11 is 1.61. The standard InChI is InChI=1S/C20H23N3O2S/c1-23(2)17(18-9-6-12-25-18)13-21-19(24)11-10-16-14-26-20(22-16)15-7-4-3-5-8-15/h3-9,12,14,17H,10-11,13H2,1-2H3,(H,21,24). The number of aromatic nitrogens is 1. The van der Waals surface area contributed by atoms with Crippen molar-refractivity contribution < 1.29 is 9.21 Å². The average molecular weight is 369 g/mol. The first-order chi connectivity index (χ1) is 12.6. The summed E-state index contributed by atoms with van der Waals surface area (Å²) in [5, 5.41) is 6.02. The Morgan fingerprint density at radius 3 is 2.73 bits per heavy atom. The van der Waals surface area contributed by atoms with Gasteiger partial charge in [-0.15, -0.1) is 11.3 Å². The quantitative estimate of drug-likeness (QED) is 0.657. The van der Waals surface area contributed by atoms with Gasteiger partial charge in [0.25, 0.3) is 0 Å². The normalized spacial score (nSPS) is 12.3. The summed E-state index contributed by atoms with van der Waals surface area (Å²) in [7, 11) is 3.94. The smallest absolute Gasteiger partial charge is 0.220 e. The van der Waals surface area contributed by atoms with Gasteiger partial charge in [0.1, 0.15) is 10.8 Å². The molecule has 0 saturated heterocycles. The zero-order chi connectivity index (χ0) is 18.4. The Labute approximate surface area is 157 Å². The highest BCUT2D eigenvalue weighted by Gasteiger charge is 2.17. The van der Waals surface area contributed by atoms with E-state index in [1.165, 1.54) is 0 Å². The fourth-order valence-corrected chi connectivity index (χ4v) is 3.55. The Hall–Kier alpha value is -2.44. The van der Waals surface area contributed by atoms with E-state index in [2.05, 4.69) is 10.3 Å². The Balaban J connectivity index is 1.49. The number of benzene rings is 1. The minimum absolute atomic E-state index is 0.0256. The van der Waals surface area contributed by atoms with Gasteiger partial charge < -0.3 is 9.73 Å². The molecule has 1 atom stereocenters. The number of carbonyl (C=O) groups is 1. The number of likely N-dealkylation sites (N-methyl/N-ethyl adjacent to an activating group) is 1. The van der Waals surface area contributed by atoms with Gasteiger partial charge >= 0.3 is 0 Å². The SMILES string of the molecule is CN(C)C(CNC(=O)CCc1csc(-c2ccccc2)n1)c1ccco1. The molecule has 6 heteroatoms. The first kappa shape index (κ1) is 18.4. The van der Waals surface area contributed by atoms with Crippen LogP contribution < -0.4 is 5.32 Å². The first-order valence-corrected chi connectivity index (χ1v) is 9.48. The van der Waals surface area contributed by atoms with Crippen molar-refractivity contribution in [3.05, 3.63) is 65.6 Å². The number of aryl methyl sites for hydroxylation is 1. The molecule has 0 bridgehead atoms. The molecule has 0 saturated carbocycles.